The molecule has 0 bridgehead atoms. The molecular formula is C23H26N4O2. The molecule has 4 rings (SSSR count). The Morgan fingerprint density at radius 2 is 1.69 bits per heavy atom. The quantitative estimate of drug-likeness (QED) is 0.876. The van der Waals surface area contributed by atoms with Crippen LogP contribution in [0.5, 0.6) is 0 Å². The van der Waals surface area contributed by atoms with Crippen LogP contribution in [0.1, 0.15) is 17.5 Å². The number of hydrogen-bond donors (Lipinski definition) is 1. The lowest BCUT2D eigenvalue weighted by molar-refractivity contribution is -0.128. The highest BCUT2D eigenvalue weighted by Gasteiger charge is 2.29. The molecule has 150 valence electrons. The topological polar surface area (TPSA) is 55.9 Å². The normalized spacial score (nSPS) is 17.1. The summed E-state index contributed by atoms with van der Waals surface area (Å²) in [4.78, 5) is 29.5. The van der Waals surface area contributed by atoms with Crippen molar-refractivity contribution < 1.29 is 9.59 Å². The Balaban J connectivity index is 1.42. The highest BCUT2D eigenvalue weighted by molar-refractivity contribution is 6.01. The molecule has 1 fully saturated rings. The number of hydrazine groups is 1. The third kappa shape index (κ3) is 3.97. The summed E-state index contributed by atoms with van der Waals surface area (Å²) < 4.78 is 0. The van der Waals surface area contributed by atoms with Gasteiger partial charge in [0, 0.05) is 38.3 Å². The number of aryl methyl sites for hydroxylation is 2. The minimum Gasteiger partial charge on any atom is -0.368 e. The first-order valence-corrected chi connectivity index (χ1v) is 9.99. The molecule has 1 saturated heterocycles. The van der Waals surface area contributed by atoms with Gasteiger partial charge in [-0.1, -0.05) is 30.3 Å². The van der Waals surface area contributed by atoms with Gasteiger partial charge in [-0.3, -0.25) is 15.0 Å². The van der Waals surface area contributed by atoms with Crippen LogP contribution in [0.3, 0.4) is 0 Å². The summed E-state index contributed by atoms with van der Waals surface area (Å²) in [7, 11) is 0. The number of benzene rings is 2. The second-order valence-corrected chi connectivity index (χ2v) is 7.57. The second kappa shape index (κ2) is 7.99. The first-order valence-electron chi connectivity index (χ1n) is 9.99. The van der Waals surface area contributed by atoms with Crippen LogP contribution in [0.15, 0.2) is 60.3 Å². The molecule has 6 heteroatoms. The predicted molar refractivity (Wildman–Crippen MR) is 114 cm³/mol. The van der Waals surface area contributed by atoms with E-state index in [1.807, 2.05) is 35.2 Å². The monoisotopic (exact) mass is 390 g/mol. The summed E-state index contributed by atoms with van der Waals surface area (Å²) in [5.41, 5.74) is 7.95. The van der Waals surface area contributed by atoms with Gasteiger partial charge in [0.15, 0.2) is 0 Å². The molecule has 0 aliphatic carbocycles. The van der Waals surface area contributed by atoms with Crippen LogP contribution in [-0.4, -0.2) is 42.9 Å². The number of para-hydroxylation sites is 1. The van der Waals surface area contributed by atoms with E-state index in [-0.39, 0.29) is 18.2 Å². The lowest BCUT2D eigenvalue weighted by Gasteiger charge is -2.38. The largest absolute Gasteiger partial charge is 0.368 e. The van der Waals surface area contributed by atoms with Crippen molar-refractivity contribution in [3.63, 3.8) is 0 Å². The van der Waals surface area contributed by atoms with Crippen LogP contribution in [0, 0.1) is 13.8 Å². The molecule has 2 aromatic rings. The number of amides is 2. The minimum absolute atomic E-state index is 0.0564. The molecule has 0 atom stereocenters. The highest BCUT2D eigenvalue weighted by Crippen LogP contribution is 2.24. The zero-order valence-electron chi connectivity index (χ0n) is 16.9. The Hall–Kier alpha value is -3.28. The zero-order valence-corrected chi connectivity index (χ0v) is 16.9. The summed E-state index contributed by atoms with van der Waals surface area (Å²) >= 11 is 0. The number of carbonyl (C=O) groups is 2. The summed E-state index contributed by atoms with van der Waals surface area (Å²) in [6.07, 6.45) is 1.91. The van der Waals surface area contributed by atoms with E-state index >= 15 is 0 Å². The molecule has 2 amide bonds. The molecule has 0 unspecified atom stereocenters. The molecule has 2 aliphatic rings. The summed E-state index contributed by atoms with van der Waals surface area (Å²) in [5.74, 6) is -0.133. The number of nitrogens with one attached hydrogen (secondary N) is 1. The number of nitrogens with zero attached hydrogens (tertiary/aromatic N) is 3. The van der Waals surface area contributed by atoms with Gasteiger partial charge < -0.3 is 9.80 Å². The Morgan fingerprint density at radius 1 is 0.966 bits per heavy atom. The van der Waals surface area contributed by atoms with Gasteiger partial charge in [-0.05, 0) is 49.2 Å². The molecular weight excluding hydrogens is 364 g/mol. The van der Waals surface area contributed by atoms with Gasteiger partial charge in [0.1, 0.15) is 5.70 Å². The Morgan fingerprint density at radius 3 is 2.41 bits per heavy atom. The van der Waals surface area contributed by atoms with Gasteiger partial charge in [0.05, 0.1) is 5.69 Å². The van der Waals surface area contributed by atoms with Crippen LogP contribution in [0.25, 0.3) is 0 Å². The molecule has 29 heavy (non-hydrogen) atoms. The maximum Gasteiger partial charge on any atom is 0.271 e. The van der Waals surface area contributed by atoms with Gasteiger partial charge in [-0.2, -0.15) is 0 Å². The molecule has 2 aliphatic heterocycles. The molecule has 0 aromatic heterocycles. The molecule has 6 nitrogen and oxygen atoms in total. The molecule has 2 aromatic carbocycles. The average molecular weight is 390 g/mol. The zero-order chi connectivity index (χ0) is 20.4. The molecule has 1 N–H and O–H groups in total. The fourth-order valence-electron chi connectivity index (χ4n) is 3.81. The lowest BCUT2D eigenvalue weighted by Crippen LogP contribution is -2.53. The van der Waals surface area contributed by atoms with Gasteiger partial charge in [0.2, 0.25) is 5.91 Å². The van der Waals surface area contributed by atoms with Gasteiger partial charge in [-0.25, -0.2) is 5.01 Å². The van der Waals surface area contributed by atoms with E-state index in [1.165, 1.54) is 21.8 Å². The van der Waals surface area contributed by atoms with Gasteiger partial charge in [-0.15, -0.1) is 0 Å². The molecule has 2 heterocycles. The minimum atomic E-state index is -0.0764. The van der Waals surface area contributed by atoms with Crippen molar-refractivity contribution in [1.82, 2.24) is 10.3 Å². The maximum atomic E-state index is 13.0. The van der Waals surface area contributed by atoms with Crippen molar-refractivity contribution in [2.45, 2.75) is 20.3 Å². The third-order valence-electron chi connectivity index (χ3n) is 5.48. The second-order valence-electron chi connectivity index (χ2n) is 7.57. The van der Waals surface area contributed by atoms with E-state index < -0.39 is 0 Å². The van der Waals surface area contributed by atoms with Crippen molar-refractivity contribution in [2.75, 3.05) is 36.1 Å². The number of rotatable bonds is 3. The van der Waals surface area contributed by atoms with E-state index in [0.717, 1.165) is 18.8 Å². The fourth-order valence-corrected chi connectivity index (χ4v) is 3.81. The van der Waals surface area contributed by atoms with Gasteiger partial charge >= 0.3 is 0 Å². The van der Waals surface area contributed by atoms with Crippen molar-refractivity contribution in [3.05, 3.63) is 71.4 Å². The lowest BCUT2D eigenvalue weighted by atomic mass is 10.1. The maximum absolute atomic E-state index is 13.0. The molecule has 0 spiro atoms. The number of carbonyl (C=O) groups excluding carboxylic acids is 2. The van der Waals surface area contributed by atoms with Crippen LogP contribution >= 0.6 is 0 Å². The van der Waals surface area contributed by atoms with E-state index in [2.05, 4.69) is 42.4 Å². The van der Waals surface area contributed by atoms with Crippen LogP contribution in [0.4, 0.5) is 11.4 Å². The Bertz CT molecular complexity index is 947. The summed E-state index contributed by atoms with van der Waals surface area (Å²) in [6, 6.07) is 15.8. The van der Waals surface area contributed by atoms with E-state index in [0.29, 0.717) is 18.8 Å². The smallest absolute Gasteiger partial charge is 0.271 e. The number of piperazine rings is 1. The van der Waals surface area contributed by atoms with Crippen molar-refractivity contribution in [2.24, 2.45) is 0 Å². The number of anilines is 2. The Kier molecular flexibility index (Phi) is 5.25. The van der Waals surface area contributed by atoms with E-state index in [9.17, 15) is 9.59 Å². The van der Waals surface area contributed by atoms with Gasteiger partial charge in [0.25, 0.3) is 5.91 Å². The van der Waals surface area contributed by atoms with E-state index in [4.69, 9.17) is 0 Å². The fraction of sp³-hybridized carbons (Fsp3) is 0.304. The van der Waals surface area contributed by atoms with Crippen LogP contribution in [-0.2, 0) is 9.59 Å². The standard InChI is InChI=1S/C23H26N4O2/c1-17-8-9-18(2)21(16-17)25-12-14-26(15-13-25)23(29)20-10-11-22(28)27(24-20)19-6-4-3-5-7-19/h3-10,16,24H,11-15H2,1-2H3. The summed E-state index contributed by atoms with van der Waals surface area (Å²) in [5, 5.41) is 1.46. The Labute approximate surface area is 171 Å². The van der Waals surface area contributed by atoms with Crippen LogP contribution < -0.4 is 15.3 Å². The first kappa shape index (κ1) is 19.1. The molecule has 0 radical (unpaired) electrons. The average Bonchev–Trinajstić information content (AvgIpc) is 2.76. The first-order chi connectivity index (χ1) is 14.0. The third-order valence-corrected chi connectivity index (χ3v) is 5.48. The highest BCUT2D eigenvalue weighted by atomic mass is 16.2. The predicted octanol–water partition coefficient (Wildman–Crippen LogP) is 2.78. The SMILES string of the molecule is Cc1ccc(C)c(N2CCN(C(=O)C3=CCC(=O)N(c4ccccc4)N3)CC2)c1. The van der Waals surface area contributed by atoms with Crippen molar-refractivity contribution >= 4 is 23.2 Å². The van der Waals surface area contributed by atoms with Crippen molar-refractivity contribution in [1.29, 1.82) is 0 Å². The summed E-state index contributed by atoms with van der Waals surface area (Å²) in [6.45, 7) is 7.13. The van der Waals surface area contributed by atoms with Crippen LogP contribution in [0.2, 0.25) is 0 Å². The van der Waals surface area contributed by atoms with E-state index in [1.54, 1.807) is 6.08 Å². The molecule has 0 saturated carbocycles. The van der Waals surface area contributed by atoms with Crippen molar-refractivity contribution in [3.8, 4) is 0 Å². The number of hydrogen-bond acceptors (Lipinski definition) is 4.